The second-order valence-corrected chi connectivity index (χ2v) is 5.00. The normalized spacial score (nSPS) is 19.8. The monoisotopic (exact) mass is 273 g/mol. The number of hydrogen-bond acceptors (Lipinski definition) is 3. The molecule has 1 heterocycles. The third-order valence-electron chi connectivity index (χ3n) is 3.36. The molecule has 1 atom stereocenters. The Balaban J connectivity index is 2.27. The second kappa shape index (κ2) is 5.76. The molecule has 0 bridgehead atoms. The number of phenolic OH excluding ortho intramolecular Hbond substituents is 1. The first-order valence-corrected chi connectivity index (χ1v) is 6.45. The van der Waals surface area contributed by atoms with Crippen LogP contribution in [0.1, 0.15) is 18.4 Å². The highest BCUT2D eigenvalue weighted by Crippen LogP contribution is 2.38. The van der Waals surface area contributed by atoms with Crippen LogP contribution in [0.25, 0.3) is 0 Å². The third-order valence-corrected chi connectivity index (χ3v) is 3.77. The highest BCUT2D eigenvalue weighted by atomic mass is 35.5. The maximum Gasteiger partial charge on any atom is 0.163 e. The van der Waals surface area contributed by atoms with Gasteiger partial charge in [0.05, 0.1) is 12.1 Å². The number of rotatable bonds is 3. The van der Waals surface area contributed by atoms with E-state index < -0.39 is 5.82 Å². The van der Waals surface area contributed by atoms with Crippen LogP contribution in [-0.4, -0.2) is 25.3 Å². The highest BCUT2D eigenvalue weighted by Gasteiger charge is 2.22. The van der Waals surface area contributed by atoms with Crippen molar-refractivity contribution in [2.45, 2.75) is 19.3 Å². The van der Waals surface area contributed by atoms with Gasteiger partial charge in [0.1, 0.15) is 5.82 Å². The van der Waals surface area contributed by atoms with Crippen molar-refractivity contribution < 1.29 is 14.2 Å². The smallest absolute Gasteiger partial charge is 0.163 e. The number of methoxy groups -OCH3 is 1. The lowest BCUT2D eigenvalue weighted by molar-refractivity contribution is 0.351. The van der Waals surface area contributed by atoms with Crippen molar-refractivity contribution in [1.82, 2.24) is 5.32 Å². The zero-order chi connectivity index (χ0) is 13.1. The van der Waals surface area contributed by atoms with Gasteiger partial charge in [-0.1, -0.05) is 11.6 Å². The number of nitrogens with one attached hydrogen (secondary N) is 1. The number of aromatic hydroxyl groups is 1. The standard InChI is InChI=1S/C13H17ClFNO2/c1-18-11-6-10(15)12(14)9(13(11)17)5-8-3-2-4-16-7-8/h6,8,16-17H,2-5,7H2,1H3. The lowest BCUT2D eigenvalue weighted by atomic mass is 9.91. The zero-order valence-corrected chi connectivity index (χ0v) is 11.1. The number of ether oxygens (including phenoxy) is 1. The van der Waals surface area contributed by atoms with Crippen molar-refractivity contribution >= 4 is 11.6 Å². The van der Waals surface area contributed by atoms with Crippen LogP contribution >= 0.6 is 11.6 Å². The second-order valence-electron chi connectivity index (χ2n) is 4.62. The van der Waals surface area contributed by atoms with E-state index in [9.17, 15) is 9.50 Å². The summed E-state index contributed by atoms with van der Waals surface area (Å²) in [6.45, 7) is 1.89. The Morgan fingerprint density at radius 2 is 2.39 bits per heavy atom. The molecule has 1 aliphatic heterocycles. The van der Waals surface area contributed by atoms with Crippen molar-refractivity contribution in [2.24, 2.45) is 5.92 Å². The van der Waals surface area contributed by atoms with Crippen molar-refractivity contribution in [3.05, 3.63) is 22.5 Å². The summed E-state index contributed by atoms with van der Waals surface area (Å²) in [5.74, 6) is -0.0936. The molecule has 1 saturated heterocycles. The van der Waals surface area contributed by atoms with E-state index >= 15 is 0 Å². The third kappa shape index (κ3) is 2.70. The van der Waals surface area contributed by atoms with Crippen molar-refractivity contribution in [3.63, 3.8) is 0 Å². The quantitative estimate of drug-likeness (QED) is 0.890. The van der Waals surface area contributed by atoms with E-state index in [1.165, 1.54) is 7.11 Å². The molecular weight excluding hydrogens is 257 g/mol. The minimum Gasteiger partial charge on any atom is -0.504 e. The zero-order valence-electron chi connectivity index (χ0n) is 10.3. The molecule has 0 aliphatic carbocycles. The SMILES string of the molecule is COc1cc(F)c(Cl)c(CC2CCCNC2)c1O. The Morgan fingerprint density at radius 3 is 3.00 bits per heavy atom. The van der Waals surface area contributed by atoms with E-state index in [1.54, 1.807) is 0 Å². The molecule has 0 radical (unpaired) electrons. The molecule has 1 unspecified atom stereocenters. The van der Waals surface area contributed by atoms with Crippen molar-refractivity contribution in [3.8, 4) is 11.5 Å². The summed E-state index contributed by atoms with van der Waals surface area (Å²) in [4.78, 5) is 0. The van der Waals surface area contributed by atoms with Gasteiger partial charge >= 0.3 is 0 Å². The van der Waals surface area contributed by atoms with Crippen LogP contribution in [0.5, 0.6) is 11.5 Å². The lowest BCUT2D eigenvalue weighted by Gasteiger charge is -2.23. The fraction of sp³-hybridized carbons (Fsp3) is 0.538. The number of phenols is 1. The number of benzene rings is 1. The fourth-order valence-electron chi connectivity index (χ4n) is 2.37. The topological polar surface area (TPSA) is 41.5 Å². The van der Waals surface area contributed by atoms with Gasteiger partial charge in [0.2, 0.25) is 0 Å². The van der Waals surface area contributed by atoms with Crippen LogP contribution in [0.2, 0.25) is 5.02 Å². The summed E-state index contributed by atoms with van der Waals surface area (Å²) in [5, 5.41) is 13.3. The first kappa shape index (κ1) is 13.4. The van der Waals surface area contributed by atoms with Gasteiger partial charge in [-0.25, -0.2) is 4.39 Å². The van der Waals surface area contributed by atoms with E-state index in [1.807, 2.05) is 0 Å². The Kier molecular flexibility index (Phi) is 4.30. The molecule has 18 heavy (non-hydrogen) atoms. The van der Waals surface area contributed by atoms with Gasteiger partial charge < -0.3 is 15.2 Å². The summed E-state index contributed by atoms with van der Waals surface area (Å²) >= 11 is 5.94. The minimum absolute atomic E-state index is 0.00104. The van der Waals surface area contributed by atoms with E-state index in [4.69, 9.17) is 16.3 Å². The van der Waals surface area contributed by atoms with Gasteiger partial charge in [-0.15, -0.1) is 0 Å². The van der Waals surface area contributed by atoms with Crippen LogP contribution < -0.4 is 10.1 Å². The average molecular weight is 274 g/mol. The van der Waals surface area contributed by atoms with Crippen LogP contribution in [0, 0.1) is 11.7 Å². The van der Waals surface area contributed by atoms with E-state index in [0.717, 1.165) is 32.0 Å². The van der Waals surface area contributed by atoms with Gasteiger partial charge in [0.15, 0.2) is 11.5 Å². The Labute approximate surface area is 111 Å². The molecular formula is C13H17ClFNO2. The predicted molar refractivity (Wildman–Crippen MR) is 68.9 cm³/mol. The van der Waals surface area contributed by atoms with E-state index in [-0.39, 0.29) is 16.5 Å². The molecule has 3 nitrogen and oxygen atoms in total. The Bertz CT molecular complexity index is 433. The summed E-state index contributed by atoms with van der Waals surface area (Å²) in [6, 6.07) is 1.11. The van der Waals surface area contributed by atoms with E-state index in [0.29, 0.717) is 17.9 Å². The highest BCUT2D eigenvalue weighted by molar-refractivity contribution is 6.31. The molecule has 1 aromatic rings. The van der Waals surface area contributed by atoms with Gasteiger partial charge in [0, 0.05) is 11.6 Å². The Hall–Kier alpha value is -1.00. The molecule has 1 fully saturated rings. The Morgan fingerprint density at radius 1 is 1.61 bits per heavy atom. The molecule has 2 rings (SSSR count). The molecule has 2 N–H and O–H groups in total. The number of hydrogen-bond donors (Lipinski definition) is 2. The van der Waals surface area contributed by atoms with Crippen molar-refractivity contribution in [1.29, 1.82) is 0 Å². The van der Waals surface area contributed by atoms with Crippen LogP contribution in [-0.2, 0) is 6.42 Å². The maximum absolute atomic E-state index is 13.6. The first-order chi connectivity index (χ1) is 8.63. The maximum atomic E-state index is 13.6. The van der Waals surface area contributed by atoms with Gasteiger partial charge in [-0.05, 0) is 38.3 Å². The van der Waals surface area contributed by atoms with Crippen LogP contribution in [0.4, 0.5) is 4.39 Å². The average Bonchev–Trinajstić information content (AvgIpc) is 2.40. The molecule has 5 heteroatoms. The van der Waals surface area contributed by atoms with E-state index in [2.05, 4.69) is 5.32 Å². The molecule has 100 valence electrons. The lowest BCUT2D eigenvalue weighted by Crippen LogP contribution is -2.30. The number of halogens is 2. The largest absolute Gasteiger partial charge is 0.504 e. The fourth-order valence-corrected chi connectivity index (χ4v) is 2.59. The molecule has 0 aromatic heterocycles. The summed E-state index contributed by atoms with van der Waals surface area (Å²) in [6.07, 6.45) is 2.71. The molecule has 0 spiro atoms. The van der Waals surface area contributed by atoms with Crippen LogP contribution in [0.15, 0.2) is 6.07 Å². The first-order valence-electron chi connectivity index (χ1n) is 6.08. The predicted octanol–water partition coefficient (Wildman–Crippen LogP) is 2.74. The summed E-state index contributed by atoms with van der Waals surface area (Å²) in [5.41, 5.74) is 0.446. The molecule has 1 aliphatic rings. The summed E-state index contributed by atoms with van der Waals surface area (Å²) in [7, 11) is 1.40. The summed E-state index contributed by atoms with van der Waals surface area (Å²) < 4.78 is 18.6. The van der Waals surface area contributed by atoms with Crippen molar-refractivity contribution in [2.75, 3.05) is 20.2 Å². The van der Waals surface area contributed by atoms with Gasteiger partial charge in [0.25, 0.3) is 0 Å². The van der Waals surface area contributed by atoms with Gasteiger partial charge in [-0.2, -0.15) is 0 Å². The minimum atomic E-state index is -0.551. The van der Waals surface area contributed by atoms with Gasteiger partial charge in [-0.3, -0.25) is 0 Å². The molecule has 0 amide bonds. The molecule has 1 aromatic carbocycles. The number of piperidine rings is 1. The molecule has 0 saturated carbocycles. The van der Waals surface area contributed by atoms with Crippen LogP contribution in [0.3, 0.4) is 0 Å².